The molecule has 3 rings (SSSR count). The van der Waals surface area contributed by atoms with E-state index in [9.17, 15) is 15.2 Å². The zero-order valence-corrected chi connectivity index (χ0v) is 15.4. The van der Waals surface area contributed by atoms with Gasteiger partial charge in [-0.1, -0.05) is 0 Å². The predicted molar refractivity (Wildman–Crippen MR) is 98.5 cm³/mol. The Morgan fingerprint density at radius 2 is 2.08 bits per heavy atom. The van der Waals surface area contributed by atoms with Crippen LogP contribution in [-0.4, -0.2) is 37.1 Å². The Morgan fingerprint density at radius 1 is 1.35 bits per heavy atom. The van der Waals surface area contributed by atoms with Crippen LogP contribution in [0.4, 0.5) is 10.5 Å². The van der Waals surface area contributed by atoms with Crippen LogP contribution in [0.5, 0.6) is 5.75 Å². The van der Waals surface area contributed by atoms with Crippen LogP contribution in [0.2, 0.25) is 0 Å². The Hall–Kier alpha value is -2.78. The average Bonchev–Trinajstić information content (AvgIpc) is 2.92. The van der Waals surface area contributed by atoms with Crippen LogP contribution in [0, 0.1) is 11.3 Å². The Labute approximate surface area is 152 Å². The van der Waals surface area contributed by atoms with Crippen molar-refractivity contribution in [1.29, 1.82) is 5.26 Å². The number of phenols is 1. The largest absolute Gasteiger partial charge is 0.507 e. The molecular weight excluding hydrogens is 332 g/mol. The first-order valence-electron chi connectivity index (χ1n) is 8.44. The van der Waals surface area contributed by atoms with E-state index in [1.807, 2.05) is 20.8 Å². The SMILES string of the molecule is COC[C@@H]1CN(C(=O)OC(C)(C)C)c2cc(O)c3ccc(C#N)cc3c21. The number of amides is 1. The molecule has 0 spiro atoms. The van der Waals surface area contributed by atoms with Gasteiger partial charge in [0, 0.05) is 31.0 Å². The van der Waals surface area contributed by atoms with E-state index >= 15 is 0 Å². The van der Waals surface area contributed by atoms with Gasteiger partial charge in [-0.25, -0.2) is 4.79 Å². The second kappa shape index (κ2) is 6.50. The van der Waals surface area contributed by atoms with Crippen molar-refractivity contribution in [2.24, 2.45) is 0 Å². The summed E-state index contributed by atoms with van der Waals surface area (Å²) in [6, 6.07) is 8.85. The van der Waals surface area contributed by atoms with Crippen molar-refractivity contribution in [3.8, 4) is 11.8 Å². The maximum absolute atomic E-state index is 12.7. The molecule has 1 aliphatic heterocycles. The standard InChI is InChI=1S/C20H22N2O4/c1-20(2,3)26-19(24)22-10-13(11-25-4)18-15-7-12(9-21)5-6-14(15)17(23)8-16(18)22/h5-8,13,23H,10-11H2,1-4H3/t13-/m0/s1. The van der Waals surface area contributed by atoms with E-state index in [0.29, 0.717) is 29.8 Å². The summed E-state index contributed by atoms with van der Waals surface area (Å²) in [4.78, 5) is 14.2. The van der Waals surface area contributed by atoms with Gasteiger partial charge in [-0.05, 0) is 49.9 Å². The number of benzene rings is 2. The minimum Gasteiger partial charge on any atom is -0.507 e. The van der Waals surface area contributed by atoms with Crippen molar-refractivity contribution in [3.05, 3.63) is 35.4 Å². The van der Waals surface area contributed by atoms with E-state index in [-0.39, 0.29) is 11.7 Å². The Balaban J connectivity index is 2.18. The van der Waals surface area contributed by atoms with Gasteiger partial charge in [-0.3, -0.25) is 4.90 Å². The number of carbonyl (C=O) groups is 1. The normalized spacial score (nSPS) is 16.4. The van der Waals surface area contributed by atoms with Gasteiger partial charge in [0.1, 0.15) is 11.4 Å². The van der Waals surface area contributed by atoms with Crippen LogP contribution in [0.25, 0.3) is 10.8 Å². The number of carbonyl (C=O) groups excluding carboxylic acids is 1. The zero-order chi connectivity index (χ0) is 19.1. The van der Waals surface area contributed by atoms with E-state index in [1.54, 1.807) is 31.4 Å². The molecule has 6 nitrogen and oxygen atoms in total. The second-order valence-corrected chi connectivity index (χ2v) is 7.44. The highest BCUT2D eigenvalue weighted by molar-refractivity contribution is 6.02. The fourth-order valence-corrected chi connectivity index (χ4v) is 3.37. The molecule has 2 aromatic carbocycles. The first-order chi connectivity index (χ1) is 12.2. The molecule has 0 saturated heterocycles. The van der Waals surface area contributed by atoms with E-state index in [2.05, 4.69) is 6.07 Å². The van der Waals surface area contributed by atoms with Crippen LogP contribution in [0.15, 0.2) is 24.3 Å². The van der Waals surface area contributed by atoms with Crippen LogP contribution in [0.3, 0.4) is 0 Å². The first-order valence-corrected chi connectivity index (χ1v) is 8.44. The van der Waals surface area contributed by atoms with Crippen molar-refractivity contribution in [3.63, 3.8) is 0 Å². The Kier molecular flexibility index (Phi) is 4.51. The van der Waals surface area contributed by atoms with Crippen molar-refractivity contribution in [2.75, 3.05) is 25.2 Å². The number of anilines is 1. The van der Waals surface area contributed by atoms with E-state index < -0.39 is 11.7 Å². The van der Waals surface area contributed by atoms with Crippen molar-refractivity contribution in [1.82, 2.24) is 0 Å². The summed E-state index contributed by atoms with van der Waals surface area (Å²) in [5, 5.41) is 21.1. The minimum atomic E-state index is -0.622. The average molecular weight is 354 g/mol. The summed E-state index contributed by atoms with van der Waals surface area (Å²) >= 11 is 0. The molecule has 0 aromatic heterocycles. The van der Waals surface area contributed by atoms with Crippen LogP contribution >= 0.6 is 0 Å². The number of methoxy groups -OCH3 is 1. The molecule has 0 saturated carbocycles. The summed E-state index contributed by atoms with van der Waals surface area (Å²) in [5.74, 6) is -0.00516. The fourth-order valence-electron chi connectivity index (χ4n) is 3.37. The molecule has 1 atom stereocenters. The number of nitriles is 1. The maximum Gasteiger partial charge on any atom is 0.414 e. The van der Waals surface area contributed by atoms with Gasteiger partial charge in [0.2, 0.25) is 0 Å². The smallest absolute Gasteiger partial charge is 0.414 e. The third-order valence-electron chi connectivity index (χ3n) is 4.35. The van der Waals surface area contributed by atoms with Crippen molar-refractivity contribution in [2.45, 2.75) is 32.3 Å². The lowest BCUT2D eigenvalue weighted by atomic mass is 9.93. The summed E-state index contributed by atoms with van der Waals surface area (Å²) in [7, 11) is 1.61. The van der Waals surface area contributed by atoms with Gasteiger partial charge in [0.25, 0.3) is 0 Å². The van der Waals surface area contributed by atoms with Crippen LogP contribution in [-0.2, 0) is 9.47 Å². The predicted octanol–water partition coefficient (Wildman–Crippen LogP) is 3.90. The molecule has 1 N–H and O–H groups in total. The third-order valence-corrected chi connectivity index (χ3v) is 4.35. The Morgan fingerprint density at radius 3 is 2.69 bits per heavy atom. The number of hydrogen-bond acceptors (Lipinski definition) is 5. The monoisotopic (exact) mass is 354 g/mol. The summed E-state index contributed by atoms with van der Waals surface area (Å²) < 4.78 is 10.9. The number of nitrogens with zero attached hydrogens (tertiary/aromatic N) is 2. The van der Waals surface area contributed by atoms with Gasteiger partial charge < -0.3 is 14.6 Å². The first kappa shape index (κ1) is 18.0. The van der Waals surface area contributed by atoms with Gasteiger partial charge in [-0.2, -0.15) is 5.26 Å². The number of rotatable bonds is 2. The van der Waals surface area contributed by atoms with Gasteiger partial charge in [0.15, 0.2) is 0 Å². The molecule has 0 unspecified atom stereocenters. The number of aromatic hydroxyl groups is 1. The number of phenolic OH excluding ortho intramolecular Hbond substituents is 1. The molecule has 0 fully saturated rings. The van der Waals surface area contributed by atoms with Gasteiger partial charge in [-0.15, -0.1) is 0 Å². The highest BCUT2D eigenvalue weighted by Gasteiger charge is 2.37. The molecule has 1 aliphatic rings. The molecule has 1 heterocycles. The number of ether oxygens (including phenoxy) is 2. The highest BCUT2D eigenvalue weighted by Crippen LogP contribution is 2.45. The molecule has 26 heavy (non-hydrogen) atoms. The molecule has 2 aromatic rings. The lowest BCUT2D eigenvalue weighted by Crippen LogP contribution is -2.36. The topological polar surface area (TPSA) is 82.8 Å². The van der Waals surface area contributed by atoms with Crippen molar-refractivity contribution >= 4 is 22.6 Å². The van der Waals surface area contributed by atoms with Gasteiger partial charge in [0.05, 0.1) is 23.9 Å². The zero-order valence-electron chi connectivity index (χ0n) is 15.4. The molecular formula is C20H22N2O4. The molecule has 136 valence electrons. The molecule has 0 aliphatic carbocycles. The summed E-state index contributed by atoms with van der Waals surface area (Å²) in [6.45, 7) is 6.25. The van der Waals surface area contributed by atoms with E-state index in [0.717, 1.165) is 10.9 Å². The van der Waals surface area contributed by atoms with E-state index in [1.165, 1.54) is 4.90 Å². The number of hydrogen-bond donors (Lipinski definition) is 1. The van der Waals surface area contributed by atoms with Crippen LogP contribution in [0.1, 0.15) is 37.8 Å². The molecule has 6 heteroatoms. The summed E-state index contributed by atoms with van der Waals surface area (Å²) in [6.07, 6.45) is -0.465. The van der Waals surface area contributed by atoms with E-state index in [4.69, 9.17) is 9.47 Å². The lowest BCUT2D eigenvalue weighted by Gasteiger charge is -2.25. The fraction of sp³-hybridized carbons (Fsp3) is 0.400. The lowest BCUT2D eigenvalue weighted by molar-refractivity contribution is 0.0579. The molecule has 0 radical (unpaired) electrons. The van der Waals surface area contributed by atoms with Gasteiger partial charge >= 0.3 is 6.09 Å². The quantitative estimate of drug-likeness (QED) is 0.884. The Bertz CT molecular complexity index is 909. The number of fused-ring (bicyclic) bond motifs is 3. The summed E-state index contributed by atoms with van der Waals surface area (Å²) in [5.41, 5.74) is 1.37. The van der Waals surface area contributed by atoms with Crippen molar-refractivity contribution < 1.29 is 19.4 Å². The molecule has 0 bridgehead atoms. The minimum absolute atomic E-state index is 0.0647. The van der Waals surface area contributed by atoms with Crippen LogP contribution < -0.4 is 4.90 Å². The molecule has 1 amide bonds. The highest BCUT2D eigenvalue weighted by atomic mass is 16.6. The maximum atomic E-state index is 12.7. The second-order valence-electron chi connectivity index (χ2n) is 7.44. The third kappa shape index (κ3) is 3.18.